The summed E-state index contributed by atoms with van der Waals surface area (Å²) in [5, 5.41) is 0. The van der Waals surface area contributed by atoms with Gasteiger partial charge in [-0.15, -0.1) is 0 Å². The molecule has 0 radical (unpaired) electrons. The van der Waals surface area contributed by atoms with Crippen LogP contribution in [0.15, 0.2) is 0 Å². The second-order valence-corrected chi connectivity index (χ2v) is 5.64. The molecule has 0 aromatic carbocycles. The molecule has 2 fully saturated rings. The fourth-order valence-electron chi connectivity index (χ4n) is 2.26. The van der Waals surface area contributed by atoms with Gasteiger partial charge in [0.2, 0.25) is 0 Å². The van der Waals surface area contributed by atoms with E-state index in [4.69, 9.17) is 0 Å². The molecule has 2 aliphatic carbocycles. The Morgan fingerprint density at radius 2 is 1.69 bits per heavy atom. The van der Waals surface area contributed by atoms with Crippen LogP contribution in [0.25, 0.3) is 0 Å². The maximum absolute atomic E-state index is 11.2. The van der Waals surface area contributed by atoms with Crippen LogP contribution in [0.3, 0.4) is 0 Å². The van der Waals surface area contributed by atoms with Gasteiger partial charge < -0.3 is 4.90 Å². The third-order valence-corrected chi connectivity index (χ3v) is 3.75. The predicted octanol–water partition coefficient (Wildman–Crippen LogP) is 2.87. The molecule has 2 heteroatoms. The monoisotopic (exact) mass is 223 g/mol. The van der Waals surface area contributed by atoms with Crippen LogP contribution in [0.1, 0.15) is 51.9 Å². The third kappa shape index (κ3) is 4.65. The van der Waals surface area contributed by atoms with Gasteiger partial charge >= 0.3 is 0 Å². The number of ketones is 1. The van der Waals surface area contributed by atoms with Crippen LogP contribution in [0.4, 0.5) is 0 Å². The van der Waals surface area contributed by atoms with Crippen molar-refractivity contribution >= 4 is 5.78 Å². The molecule has 92 valence electrons. The van der Waals surface area contributed by atoms with Crippen molar-refractivity contribution in [1.82, 2.24) is 4.90 Å². The molecule has 2 nitrogen and oxygen atoms in total. The van der Waals surface area contributed by atoms with Gasteiger partial charge in [0.25, 0.3) is 0 Å². The van der Waals surface area contributed by atoms with E-state index in [0.29, 0.717) is 12.2 Å². The van der Waals surface area contributed by atoms with E-state index in [1.807, 2.05) is 6.92 Å². The topological polar surface area (TPSA) is 20.3 Å². The van der Waals surface area contributed by atoms with Crippen LogP contribution in [-0.2, 0) is 4.79 Å². The molecule has 0 aromatic heterocycles. The summed E-state index contributed by atoms with van der Waals surface area (Å²) in [6.07, 6.45) is 8.34. The van der Waals surface area contributed by atoms with Gasteiger partial charge in [-0.25, -0.2) is 0 Å². The van der Waals surface area contributed by atoms with Crippen molar-refractivity contribution in [2.24, 2.45) is 11.8 Å². The zero-order chi connectivity index (χ0) is 11.4. The highest BCUT2D eigenvalue weighted by atomic mass is 16.1. The zero-order valence-electron chi connectivity index (χ0n) is 10.6. The average molecular weight is 223 g/mol. The van der Waals surface area contributed by atoms with Gasteiger partial charge in [0, 0.05) is 25.9 Å². The first kappa shape index (κ1) is 12.1. The van der Waals surface area contributed by atoms with Crippen molar-refractivity contribution in [2.75, 3.05) is 19.6 Å². The number of hydrogen-bond donors (Lipinski definition) is 0. The number of Topliss-reactive ketones (excluding diaryl/α,β-unsaturated/α-hetero) is 1. The van der Waals surface area contributed by atoms with Crippen molar-refractivity contribution in [3.8, 4) is 0 Å². The van der Waals surface area contributed by atoms with Crippen molar-refractivity contribution < 1.29 is 4.79 Å². The summed E-state index contributed by atoms with van der Waals surface area (Å²) < 4.78 is 0. The second kappa shape index (κ2) is 5.81. The fraction of sp³-hybridized carbons (Fsp3) is 0.929. The van der Waals surface area contributed by atoms with Crippen LogP contribution >= 0.6 is 0 Å². The molecule has 0 aromatic rings. The number of hydrogen-bond acceptors (Lipinski definition) is 2. The first-order valence-electron chi connectivity index (χ1n) is 7.02. The number of nitrogens with zero attached hydrogens (tertiary/aromatic N) is 1. The van der Waals surface area contributed by atoms with Crippen LogP contribution in [-0.4, -0.2) is 30.3 Å². The molecule has 2 saturated carbocycles. The van der Waals surface area contributed by atoms with Gasteiger partial charge in [-0.1, -0.05) is 6.92 Å². The summed E-state index contributed by atoms with van der Waals surface area (Å²) in [5.74, 6) is 2.40. The lowest BCUT2D eigenvalue weighted by atomic mass is 10.1. The number of carbonyl (C=O) groups excluding carboxylic acids is 1. The minimum absolute atomic E-state index is 0.429. The van der Waals surface area contributed by atoms with E-state index in [2.05, 4.69) is 4.90 Å². The Balaban J connectivity index is 1.61. The smallest absolute Gasteiger partial charge is 0.132 e. The van der Waals surface area contributed by atoms with Crippen molar-refractivity contribution in [3.05, 3.63) is 0 Å². The molecule has 0 atom stereocenters. The molecule has 2 rings (SSSR count). The van der Waals surface area contributed by atoms with Gasteiger partial charge in [-0.2, -0.15) is 0 Å². The van der Waals surface area contributed by atoms with Crippen molar-refractivity contribution in [3.63, 3.8) is 0 Å². The van der Waals surface area contributed by atoms with Crippen LogP contribution in [0, 0.1) is 11.8 Å². The minimum atomic E-state index is 0.429. The maximum Gasteiger partial charge on any atom is 0.132 e. The highest BCUT2D eigenvalue weighted by Crippen LogP contribution is 2.33. The lowest BCUT2D eigenvalue weighted by Crippen LogP contribution is -2.29. The number of carbonyl (C=O) groups is 1. The molecule has 0 bridgehead atoms. The largest absolute Gasteiger partial charge is 0.303 e. The van der Waals surface area contributed by atoms with Crippen molar-refractivity contribution in [1.29, 1.82) is 0 Å². The van der Waals surface area contributed by atoms with E-state index in [1.54, 1.807) is 0 Å². The Hall–Kier alpha value is -0.370. The van der Waals surface area contributed by atoms with Gasteiger partial charge in [0.05, 0.1) is 0 Å². The maximum atomic E-state index is 11.2. The molecule has 0 saturated heterocycles. The van der Waals surface area contributed by atoms with E-state index in [0.717, 1.165) is 31.2 Å². The molecule has 0 heterocycles. The van der Waals surface area contributed by atoms with Gasteiger partial charge in [-0.3, -0.25) is 4.79 Å². The molecule has 16 heavy (non-hydrogen) atoms. The van der Waals surface area contributed by atoms with Gasteiger partial charge in [0.15, 0.2) is 0 Å². The Morgan fingerprint density at radius 1 is 1.12 bits per heavy atom. The summed E-state index contributed by atoms with van der Waals surface area (Å²) in [5.41, 5.74) is 0. The summed E-state index contributed by atoms with van der Waals surface area (Å²) in [7, 11) is 0. The standard InChI is InChI=1S/C14H25NO/c1-2-14(16)4-3-9-15(10-12-5-6-12)11-13-7-8-13/h12-13H,2-11H2,1H3. The van der Waals surface area contributed by atoms with Gasteiger partial charge in [0.1, 0.15) is 5.78 Å². The second-order valence-electron chi connectivity index (χ2n) is 5.64. The summed E-state index contributed by atoms with van der Waals surface area (Å²) in [6.45, 7) is 5.72. The molecular weight excluding hydrogens is 198 g/mol. The number of rotatable bonds is 9. The lowest BCUT2D eigenvalue weighted by molar-refractivity contribution is -0.118. The van der Waals surface area contributed by atoms with Gasteiger partial charge in [-0.05, 0) is 50.5 Å². The Labute approximate surface area is 99.4 Å². The minimum Gasteiger partial charge on any atom is -0.303 e. The van der Waals surface area contributed by atoms with E-state index in [9.17, 15) is 4.79 Å². The molecule has 0 aliphatic heterocycles. The summed E-state index contributed by atoms with van der Waals surface area (Å²) in [6, 6.07) is 0. The molecule has 0 N–H and O–H groups in total. The first-order valence-corrected chi connectivity index (χ1v) is 7.02. The SMILES string of the molecule is CCC(=O)CCCN(CC1CC1)CC1CC1. The molecule has 0 spiro atoms. The Kier molecular flexibility index (Phi) is 4.39. The highest BCUT2D eigenvalue weighted by Gasteiger charge is 2.28. The normalized spacial score (nSPS) is 20.4. The Bertz CT molecular complexity index is 217. The average Bonchev–Trinajstić information content (AvgIpc) is 3.12. The fourth-order valence-corrected chi connectivity index (χ4v) is 2.26. The molecule has 0 amide bonds. The van der Waals surface area contributed by atoms with E-state index < -0.39 is 0 Å². The summed E-state index contributed by atoms with van der Waals surface area (Å²) in [4.78, 5) is 13.9. The van der Waals surface area contributed by atoms with E-state index in [-0.39, 0.29) is 0 Å². The predicted molar refractivity (Wildman–Crippen MR) is 66.4 cm³/mol. The van der Waals surface area contributed by atoms with Crippen LogP contribution in [0.2, 0.25) is 0 Å². The Morgan fingerprint density at radius 3 is 2.12 bits per heavy atom. The van der Waals surface area contributed by atoms with E-state index in [1.165, 1.54) is 38.8 Å². The van der Waals surface area contributed by atoms with E-state index >= 15 is 0 Å². The van der Waals surface area contributed by atoms with Crippen LogP contribution in [0.5, 0.6) is 0 Å². The van der Waals surface area contributed by atoms with Crippen molar-refractivity contribution in [2.45, 2.75) is 51.9 Å². The third-order valence-electron chi connectivity index (χ3n) is 3.75. The first-order chi connectivity index (χ1) is 7.78. The molecular formula is C14H25NO. The zero-order valence-corrected chi connectivity index (χ0v) is 10.6. The molecule has 2 aliphatic rings. The van der Waals surface area contributed by atoms with Crippen LogP contribution < -0.4 is 0 Å². The highest BCUT2D eigenvalue weighted by molar-refractivity contribution is 5.77. The lowest BCUT2D eigenvalue weighted by Gasteiger charge is -2.21. The molecule has 0 unspecified atom stereocenters. The quantitative estimate of drug-likeness (QED) is 0.599. The summed E-state index contributed by atoms with van der Waals surface area (Å²) >= 11 is 0.